The van der Waals surface area contributed by atoms with E-state index in [0.29, 0.717) is 23.0 Å². The molecule has 0 aliphatic carbocycles. The lowest BCUT2D eigenvalue weighted by atomic mass is 10.1. The van der Waals surface area contributed by atoms with Crippen LogP contribution in [0.25, 0.3) is 10.9 Å². The highest BCUT2D eigenvalue weighted by molar-refractivity contribution is 5.97. The molecule has 2 heterocycles. The number of methoxy groups -OCH3 is 1. The summed E-state index contributed by atoms with van der Waals surface area (Å²) in [5, 5.41) is 0.573. The highest BCUT2D eigenvalue weighted by Gasteiger charge is 2.18. The molecule has 1 aliphatic heterocycles. The average molecular weight is 420 g/mol. The van der Waals surface area contributed by atoms with Gasteiger partial charge < -0.3 is 9.64 Å². The first-order valence-electron chi connectivity index (χ1n) is 10.9. The molecule has 0 fully saturated rings. The summed E-state index contributed by atoms with van der Waals surface area (Å²) in [5.74, 6) is 1.48. The third-order valence-corrected chi connectivity index (χ3v) is 6.00. The van der Waals surface area contributed by atoms with Crippen molar-refractivity contribution in [2.24, 2.45) is 0 Å². The summed E-state index contributed by atoms with van der Waals surface area (Å²) in [7, 11) is 3.41. The molecule has 0 atom stereocenters. The third kappa shape index (κ3) is 4.33. The Labute approximate surface area is 182 Å². The van der Waals surface area contributed by atoms with E-state index >= 15 is 0 Å². The van der Waals surface area contributed by atoms with E-state index in [1.165, 1.54) is 6.42 Å². The molecule has 0 bridgehead atoms. The normalized spacial score (nSPS) is 13.9. The first kappa shape index (κ1) is 21.1. The minimum Gasteiger partial charge on any atom is -0.496 e. The number of carbonyl (C=O) groups excluding carboxylic acids is 1. The van der Waals surface area contributed by atoms with Gasteiger partial charge in [0.15, 0.2) is 0 Å². The molecule has 0 unspecified atom stereocenters. The van der Waals surface area contributed by atoms with Gasteiger partial charge in [-0.1, -0.05) is 30.5 Å². The molecule has 0 saturated carbocycles. The van der Waals surface area contributed by atoms with E-state index in [-0.39, 0.29) is 11.5 Å². The molecular weight excluding hydrogens is 390 g/mol. The maximum atomic E-state index is 13.1. The van der Waals surface area contributed by atoms with Gasteiger partial charge in [-0.05, 0) is 44.0 Å². The highest BCUT2D eigenvalue weighted by Crippen LogP contribution is 2.22. The Morgan fingerprint density at radius 1 is 1.13 bits per heavy atom. The molecule has 1 amide bonds. The van der Waals surface area contributed by atoms with Crippen molar-refractivity contribution >= 4 is 16.8 Å². The van der Waals surface area contributed by atoms with E-state index in [1.54, 1.807) is 37.3 Å². The number of hydrogen-bond donors (Lipinski definition) is 0. The molecule has 1 aliphatic rings. The second-order valence-electron chi connectivity index (χ2n) is 8.36. The molecule has 2 aromatic carbocycles. The lowest BCUT2D eigenvalue weighted by Gasteiger charge is -2.20. The van der Waals surface area contributed by atoms with E-state index in [4.69, 9.17) is 9.72 Å². The monoisotopic (exact) mass is 419 g/mol. The molecule has 3 aromatic rings. The van der Waals surface area contributed by atoms with E-state index in [2.05, 4.69) is 0 Å². The third-order valence-electron chi connectivity index (χ3n) is 6.00. The number of nitrogens with zero attached hydrogens (tertiary/aromatic N) is 3. The number of hydrogen-bond acceptors (Lipinski definition) is 4. The Morgan fingerprint density at radius 3 is 2.74 bits per heavy atom. The molecule has 0 radical (unpaired) electrons. The molecule has 4 rings (SSSR count). The van der Waals surface area contributed by atoms with E-state index in [9.17, 15) is 9.59 Å². The van der Waals surface area contributed by atoms with Gasteiger partial charge in [0.1, 0.15) is 11.6 Å². The lowest BCUT2D eigenvalue weighted by Crippen LogP contribution is -2.28. The minimum absolute atomic E-state index is 0.00116. The van der Waals surface area contributed by atoms with Gasteiger partial charge in [-0.25, -0.2) is 4.98 Å². The summed E-state index contributed by atoms with van der Waals surface area (Å²) in [6.07, 6.45) is 5.16. The standard InChI is InChI=1S/C25H29N3O3/c1-17-9-12-22(31-3)19(14-17)16-27(2)24(29)18-10-11-20-21(15-18)26-23-8-6-4-5-7-13-28(23)25(20)30/h9-12,14-15H,4-8,13,16H2,1-3H3. The van der Waals surface area contributed by atoms with Crippen LogP contribution in [0.1, 0.15) is 53.0 Å². The van der Waals surface area contributed by atoms with Gasteiger partial charge in [0.25, 0.3) is 11.5 Å². The Bertz CT molecular complexity index is 1180. The van der Waals surface area contributed by atoms with Crippen LogP contribution < -0.4 is 10.3 Å². The van der Waals surface area contributed by atoms with Crippen molar-refractivity contribution in [3.05, 3.63) is 69.3 Å². The summed E-state index contributed by atoms with van der Waals surface area (Å²) in [4.78, 5) is 32.6. The van der Waals surface area contributed by atoms with Crippen LogP contribution in [0.5, 0.6) is 5.75 Å². The number of rotatable bonds is 4. The van der Waals surface area contributed by atoms with Crippen molar-refractivity contribution in [2.75, 3.05) is 14.2 Å². The summed E-state index contributed by atoms with van der Waals surface area (Å²) >= 11 is 0. The Balaban J connectivity index is 1.64. The molecule has 1 aromatic heterocycles. The second kappa shape index (κ2) is 8.92. The van der Waals surface area contributed by atoms with E-state index < -0.39 is 0 Å². The van der Waals surface area contributed by atoms with Gasteiger partial charge in [-0.2, -0.15) is 0 Å². The number of aryl methyl sites for hydroxylation is 2. The summed E-state index contributed by atoms with van der Waals surface area (Å²) in [6, 6.07) is 11.2. The highest BCUT2D eigenvalue weighted by atomic mass is 16.5. The number of benzene rings is 2. The molecular formula is C25H29N3O3. The van der Waals surface area contributed by atoms with Crippen LogP contribution in [0.3, 0.4) is 0 Å². The van der Waals surface area contributed by atoms with E-state index in [0.717, 1.165) is 54.9 Å². The van der Waals surface area contributed by atoms with Gasteiger partial charge in [0.2, 0.25) is 0 Å². The summed E-state index contributed by atoms with van der Waals surface area (Å²) in [5.41, 5.74) is 3.20. The predicted molar refractivity (Wildman–Crippen MR) is 122 cm³/mol. The van der Waals surface area contributed by atoms with Crippen LogP contribution >= 0.6 is 0 Å². The summed E-state index contributed by atoms with van der Waals surface area (Å²) in [6.45, 7) is 3.17. The topological polar surface area (TPSA) is 64.4 Å². The maximum absolute atomic E-state index is 13.1. The Kier molecular flexibility index (Phi) is 6.07. The Hall–Kier alpha value is -3.15. The van der Waals surface area contributed by atoms with Crippen molar-refractivity contribution < 1.29 is 9.53 Å². The largest absolute Gasteiger partial charge is 0.496 e. The first-order valence-corrected chi connectivity index (χ1v) is 10.9. The summed E-state index contributed by atoms with van der Waals surface area (Å²) < 4.78 is 7.26. The zero-order valence-electron chi connectivity index (χ0n) is 18.5. The zero-order valence-corrected chi connectivity index (χ0v) is 18.5. The quantitative estimate of drug-likeness (QED) is 0.639. The Morgan fingerprint density at radius 2 is 1.94 bits per heavy atom. The molecule has 0 spiro atoms. The van der Waals surface area contributed by atoms with Gasteiger partial charge in [-0.15, -0.1) is 0 Å². The fraction of sp³-hybridized carbons (Fsp3) is 0.400. The smallest absolute Gasteiger partial charge is 0.261 e. The van der Waals surface area contributed by atoms with Gasteiger partial charge in [-0.3, -0.25) is 14.2 Å². The number of aromatic nitrogens is 2. The van der Waals surface area contributed by atoms with Crippen LogP contribution in [0, 0.1) is 6.92 Å². The van der Waals surface area contributed by atoms with Gasteiger partial charge in [0.05, 0.1) is 18.0 Å². The molecule has 6 nitrogen and oxygen atoms in total. The van der Waals surface area contributed by atoms with Crippen LogP contribution in [-0.2, 0) is 19.5 Å². The van der Waals surface area contributed by atoms with Crippen molar-refractivity contribution in [1.29, 1.82) is 0 Å². The zero-order chi connectivity index (χ0) is 22.0. The van der Waals surface area contributed by atoms with Crippen LogP contribution in [0.4, 0.5) is 0 Å². The van der Waals surface area contributed by atoms with E-state index in [1.807, 2.05) is 29.7 Å². The van der Waals surface area contributed by atoms with Crippen LogP contribution in [0.2, 0.25) is 0 Å². The predicted octanol–water partition coefficient (Wildman–Crippen LogP) is 4.10. The number of ether oxygens (including phenoxy) is 1. The molecule has 6 heteroatoms. The molecule has 162 valence electrons. The number of carbonyl (C=O) groups is 1. The van der Waals surface area contributed by atoms with Crippen LogP contribution in [0.15, 0.2) is 41.2 Å². The first-order chi connectivity index (χ1) is 15.0. The maximum Gasteiger partial charge on any atom is 0.261 e. The minimum atomic E-state index is -0.112. The van der Waals surface area contributed by atoms with Crippen LogP contribution in [-0.4, -0.2) is 34.5 Å². The molecule has 31 heavy (non-hydrogen) atoms. The number of amides is 1. The van der Waals surface area contributed by atoms with Gasteiger partial charge in [0, 0.05) is 37.7 Å². The SMILES string of the molecule is COc1ccc(C)cc1CN(C)C(=O)c1ccc2c(=O)n3c(nc2c1)CCCCCC3. The van der Waals surface area contributed by atoms with Crippen molar-refractivity contribution in [2.45, 2.75) is 52.1 Å². The number of fused-ring (bicyclic) bond motifs is 2. The molecule has 0 saturated heterocycles. The average Bonchev–Trinajstić information content (AvgIpc) is 2.74. The van der Waals surface area contributed by atoms with Crippen molar-refractivity contribution in [3.63, 3.8) is 0 Å². The molecule has 0 N–H and O–H groups in total. The van der Waals surface area contributed by atoms with Crippen molar-refractivity contribution in [1.82, 2.24) is 14.5 Å². The van der Waals surface area contributed by atoms with Gasteiger partial charge >= 0.3 is 0 Å². The second-order valence-corrected chi connectivity index (χ2v) is 8.36. The van der Waals surface area contributed by atoms with Crippen molar-refractivity contribution in [3.8, 4) is 5.75 Å². The fourth-order valence-corrected chi connectivity index (χ4v) is 4.31. The lowest BCUT2D eigenvalue weighted by molar-refractivity contribution is 0.0784. The fourth-order valence-electron chi connectivity index (χ4n) is 4.31.